The average Bonchev–Trinajstić information content (AvgIpc) is 3.19. The number of amides is 1. The van der Waals surface area contributed by atoms with Crippen LogP contribution in [-0.4, -0.2) is 11.9 Å². The lowest BCUT2D eigenvalue weighted by Crippen LogP contribution is -2.36. The third-order valence-electron chi connectivity index (χ3n) is 4.43. The molecule has 1 aromatic rings. The third kappa shape index (κ3) is 2.81. The summed E-state index contributed by atoms with van der Waals surface area (Å²) in [6.07, 6.45) is 8.06. The summed E-state index contributed by atoms with van der Waals surface area (Å²) in [6.45, 7) is 0. The number of benzene rings is 1. The topological polar surface area (TPSA) is 55.1 Å². The summed E-state index contributed by atoms with van der Waals surface area (Å²) in [5, 5.41) is 3.15. The lowest BCUT2D eigenvalue weighted by Gasteiger charge is -2.23. The normalized spacial score (nSPS) is 21.9. The molecule has 0 heterocycles. The Morgan fingerprint density at radius 3 is 2.63 bits per heavy atom. The van der Waals surface area contributed by atoms with Gasteiger partial charge in [-0.2, -0.15) is 0 Å². The Balaban J connectivity index is 1.69. The van der Waals surface area contributed by atoms with Crippen molar-refractivity contribution in [2.45, 2.75) is 56.5 Å². The number of nitrogens with two attached hydrogens (primary N) is 1. The van der Waals surface area contributed by atoms with E-state index in [-0.39, 0.29) is 11.4 Å². The van der Waals surface area contributed by atoms with E-state index in [2.05, 4.69) is 5.32 Å². The van der Waals surface area contributed by atoms with E-state index in [1.165, 1.54) is 19.3 Å². The second kappa shape index (κ2) is 4.97. The molecule has 0 atom stereocenters. The van der Waals surface area contributed by atoms with Gasteiger partial charge in [-0.1, -0.05) is 31.4 Å². The standard InChI is InChI=1S/C16H22N2O/c17-16(9-10-16)13-6-4-5-12(11-13)15(19)18-14-7-2-1-3-8-14/h4-6,11,14H,1-3,7-10,17H2,(H,18,19). The molecule has 3 rings (SSSR count). The van der Waals surface area contributed by atoms with Crippen LogP contribution in [0.4, 0.5) is 0 Å². The van der Waals surface area contributed by atoms with Crippen molar-refractivity contribution < 1.29 is 4.79 Å². The minimum Gasteiger partial charge on any atom is -0.349 e. The van der Waals surface area contributed by atoms with E-state index in [1.54, 1.807) is 0 Å². The van der Waals surface area contributed by atoms with Crippen molar-refractivity contribution in [1.29, 1.82) is 0 Å². The molecular weight excluding hydrogens is 236 g/mol. The fourth-order valence-corrected chi connectivity index (χ4v) is 2.91. The van der Waals surface area contributed by atoms with Gasteiger partial charge in [0.1, 0.15) is 0 Å². The lowest BCUT2D eigenvalue weighted by atomic mass is 9.95. The Labute approximate surface area is 114 Å². The van der Waals surface area contributed by atoms with Crippen molar-refractivity contribution in [2.75, 3.05) is 0 Å². The van der Waals surface area contributed by atoms with Gasteiger partial charge >= 0.3 is 0 Å². The molecule has 2 aliphatic rings. The molecule has 3 nitrogen and oxygen atoms in total. The quantitative estimate of drug-likeness (QED) is 0.875. The SMILES string of the molecule is NC1(c2cccc(C(=O)NC3CCCCC3)c2)CC1. The van der Waals surface area contributed by atoms with E-state index in [4.69, 9.17) is 5.73 Å². The molecule has 0 unspecified atom stereocenters. The smallest absolute Gasteiger partial charge is 0.251 e. The van der Waals surface area contributed by atoms with E-state index in [9.17, 15) is 4.79 Å². The van der Waals surface area contributed by atoms with Crippen molar-refractivity contribution >= 4 is 5.91 Å². The van der Waals surface area contributed by atoms with E-state index in [0.717, 1.165) is 36.8 Å². The number of rotatable bonds is 3. The fourth-order valence-electron chi connectivity index (χ4n) is 2.91. The van der Waals surface area contributed by atoms with Gasteiger partial charge in [0, 0.05) is 17.1 Å². The van der Waals surface area contributed by atoms with Gasteiger partial charge in [0.25, 0.3) is 5.91 Å². The first kappa shape index (κ1) is 12.7. The average molecular weight is 258 g/mol. The van der Waals surface area contributed by atoms with Crippen molar-refractivity contribution in [1.82, 2.24) is 5.32 Å². The predicted molar refractivity (Wildman–Crippen MR) is 75.9 cm³/mol. The Bertz CT molecular complexity index is 473. The number of hydrogen-bond donors (Lipinski definition) is 2. The van der Waals surface area contributed by atoms with Crippen molar-refractivity contribution in [3.05, 3.63) is 35.4 Å². The molecule has 0 radical (unpaired) electrons. The van der Waals surface area contributed by atoms with Gasteiger partial charge in [0.05, 0.1) is 0 Å². The molecular formula is C16H22N2O. The fraction of sp³-hybridized carbons (Fsp3) is 0.562. The summed E-state index contributed by atoms with van der Waals surface area (Å²) >= 11 is 0. The Kier molecular flexibility index (Phi) is 3.31. The van der Waals surface area contributed by atoms with Crippen LogP contribution in [0.25, 0.3) is 0 Å². The van der Waals surface area contributed by atoms with Gasteiger partial charge in [-0.05, 0) is 43.4 Å². The summed E-state index contributed by atoms with van der Waals surface area (Å²) in [5.41, 5.74) is 7.87. The predicted octanol–water partition coefficient (Wildman–Crippen LogP) is 2.70. The monoisotopic (exact) mass is 258 g/mol. The first-order valence-electron chi connectivity index (χ1n) is 7.38. The highest BCUT2D eigenvalue weighted by molar-refractivity contribution is 5.94. The van der Waals surface area contributed by atoms with E-state index in [1.807, 2.05) is 24.3 Å². The maximum absolute atomic E-state index is 12.3. The van der Waals surface area contributed by atoms with Gasteiger partial charge < -0.3 is 11.1 Å². The lowest BCUT2D eigenvalue weighted by molar-refractivity contribution is 0.0927. The molecule has 2 saturated carbocycles. The number of carbonyl (C=O) groups is 1. The highest BCUT2D eigenvalue weighted by Gasteiger charge is 2.40. The molecule has 0 aliphatic heterocycles. The molecule has 102 valence electrons. The summed E-state index contributed by atoms with van der Waals surface area (Å²) in [4.78, 5) is 12.3. The molecule has 3 N–H and O–H groups in total. The number of hydrogen-bond acceptors (Lipinski definition) is 2. The maximum atomic E-state index is 12.3. The second-order valence-electron chi connectivity index (χ2n) is 6.05. The number of carbonyl (C=O) groups excluding carboxylic acids is 1. The molecule has 0 spiro atoms. The largest absolute Gasteiger partial charge is 0.349 e. The minimum absolute atomic E-state index is 0.0537. The molecule has 0 saturated heterocycles. The Morgan fingerprint density at radius 1 is 1.21 bits per heavy atom. The molecule has 0 bridgehead atoms. The van der Waals surface area contributed by atoms with E-state index < -0.39 is 0 Å². The summed E-state index contributed by atoms with van der Waals surface area (Å²) in [7, 11) is 0. The molecule has 2 fully saturated rings. The van der Waals surface area contributed by atoms with Gasteiger partial charge in [-0.25, -0.2) is 0 Å². The molecule has 3 heteroatoms. The van der Waals surface area contributed by atoms with Crippen LogP contribution in [-0.2, 0) is 5.54 Å². The van der Waals surface area contributed by atoms with Gasteiger partial charge in [-0.15, -0.1) is 0 Å². The van der Waals surface area contributed by atoms with Gasteiger partial charge in [-0.3, -0.25) is 4.79 Å². The third-order valence-corrected chi connectivity index (χ3v) is 4.43. The molecule has 19 heavy (non-hydrogen) atoms. The number of nitrogens with one attached hydrogen (secondary N) is 1. The highest BCUT2D eigenvalue weighted by Crippen LogP contribution is 2.42. The van der Waals surface area contributed by atoms with Crippen LogP contribution in [0.15, 0.2) is 24.3 Å². The molecule has 2 aliphatic carbocycles. The zero-order valence-corrected chi connectivity index (χ0v) is 11.3. The van der Waals surface area contributed by atoms with Crippen LogP contribution < -0.4 is 11.1 Å². The first-order valence-corrected chi connectivity index (χ1v) is 7.38. The van der Waals surface area contributed by atoms with Crippen molar-refractivity contribution in [3.8, 4) is 0 Å². The summed E-state index contributed by atoms with van der Waals surface area (Å²) in [6, 6.07) is 8.18. The molecule has 1 aromatic carbocycles. The van der Waals surface area contributed by atoms with Crippen LogP contribution in [0.3, 0.4) is 0 Å². The van der Waals surface area contributed by atoms with Crippen LogP contribution in [0.5, 0.6) is 0 Å². The van der Waals surface area contributed by atoms with Crippen molar-refractivity contribution in [3.63, 3.8) is 0 Å². The second-order valence-corrected chi connectivity index (χ2v) is 6.05. The molecule has 1 amide bonds. The van der Waals surface area contributed by atoms with Gasteiger partial charge in [0.2, 0.25) is 0 Å². The van der Waals surface area contributed by atoms with E-state index in [0.29, 0.717) is 6.04 Å². The summed E-state index contributed by atoms with van der Waals surface area (Å²) in [5.74, 6) is 0.0537. The zero-order valence-electron chi connectivity index (χ0n) is 11.3. The van der Waals surface area contributed by atoms with E-state index >= 15 is 0 Å². The van der Waals surface area contributed by atoms with Gasteiger partial charge in [0.15, 0.2) is 0 Å². The Morgan fingerprint density at radius 2 is 1.95 bits per heavy atom. The van der Waals surface area contributed by atoms with Crippen LogP contribution in [0, 0.1) is 0 Å². The van der Waals surface area contributed by atoms with Crippen LogP contribution >= 0.6 is 0 Å². The molecule has 0 aromatic heterocycles. The highest BCUT2D eigenvalue weighted by atomic mass is 16.1. The maximum Gasteiger partial charge on any atom is 0.251 e. The summed E-state index contributed by atoms with van der Waals surface area (Å²) < 4.78 is 0. The zero-order chi connectivity index (χ0) is 13.3. The van der Waals surface area contributed by atoms with Crippen LogP contribution in [0.1, 0.15) is 60.9 Å². The Hall–Kier alpha value is -1.35. The van der Waals surface area contributed by atoms with Crippen molar-refractivity contribution in [2.24, 2.45) is 5.73 Å². The first-order chi connectivity index (χ1) is 9.17. The minimum atomic E-state index is -0.166. The van der Waals surface area contributed by atoms with Crippen LogP contribution in [0.2, 0.25) is 0 Å².